The topological polar surface area (TPSA) is 87.6 Å². The first-order valence-electron chi connectivity index (χ1n) is 7.61. The molecule has 0 saturated carbocycles. The van der Waals surface area contributed by atoms with Crippen molar-refractivity contribution >= 4 is 17.5 Å². The predicted molar refractivity (Wildman–Crippen MR) is 92.7 cm³/mol. The molecule has 1 aromatic heterocycles. The van der Waals surface area contributed by atoms with Gasteiger partial charge in [0.25, 0.3) is 5.91 Å². The lowest BCUT2D eigenvalue weighted by Gasteiger charge is -2.08. The van der Waals surface area contributed by atoms with Gasteiger partial charge in [-0.05, 0) is 24.3 Å². The lowest BCUT2D eigenvalue weighted by atomic mass is 10.1. The summed E-state index contributed by atoms with van der Waals surface area (Å²) in [4.78, 5) is 15.4. The second-order valence-electron chi connectivity index (χ2n) is 5.34. The summed E-state index contributed by atoms with van der Waals surface area (Å²) in [6.45, 7) is -0.287. The van der Waals surface area contributed by atoms with Gasteiger partial charge >= 0.3 is 5.95 Å². The Morgan fingerprint density at radius 1 is 1.22 bits per heavy atom. The molecule has 3 rings (SSSR count). The number of oxazole rings is 1. The molecule has 0 unspecified atom stereocenters. The van der Waals surface area contributed by atoms with Crippen molar-refractivity contribution in [2.45, 2.75) is 6.61 Å². The van der Waals surface area contributed by atoms with E-state index in [2.05, 4.69) is 4.98 Å². The quantitative estimate of drug-likeness (QED) is 0.683. The predicted octanol–water partition coefficient (Wildman–Crippen LogP) is 3.96. The fourth-order valence-electron chi connectivity index (χ4n) is 2.35. The minimum absolute atomic E-state index is 0.0844. The summed E-state index contributed by atoms with van der Waals surface area (Å²) in [7, 11) is 1.41. The van der Waals surface area contributed by atoms with Crippen molar-refractivity contribution in [3.8, 4) is 23.0 Å². The first-order chi connectivity index (χ1) is 12.9. The molecule has 6 nitrogen and oxygen atoms in total. The van der Waals surface area contributed by atoms with E-state index in [1.54, 1.807) is 24.3 Å². The summed E-state index contributed by atoms with van der Waals surface area (Å²) in [5.41, 5.74) is 5.20. The summed E-state index contributed by atoms with van der Waals surface area (Å²) in [6, 6.07) is 8.74. The van der Waals surface area contributed by atoms with Gasteiger partial charge in [-0.2, -0.15) is 0 Å². The number of ether oxygens (including phenoxy) is 2. The molecule has 0 bridgehead atoms. The van der Waals surface area contributed by atoms with Crippen LogP contribution in [0.25, 0.3) is 11.3 Å². The standard InChI is InChI=1S/C18H13ClF2N2O4/c1-25-18-16(9-2-4-10(19)5-3-9)23-13(27-18)8-26-12-7-6-11(20)14(15(12)21)17(22)24/h2-7H,8H2,1H3,(H2,22,24). The number of aromatic nitrogens is 1. The second kappa shape index (κ2) is 7.63. The Morgan fingerprint density at radius 3 is 2.56 bits per heavy atom. The van der Waals surface area contributed by atoms with Crippen molar-refractivity contribution in [2.75, 3.05) is 7.11 Å². The van der Waals surface area contributed by atoms with Crippen LogP contribution in [0.3, 0.4) is 0 Å². The normalized spacial score (nSPS) is 10.7. The minimum Gasteiger partial charge on any atom is -0.481 e. The zero-order valence-electron chi connectivity index (χ0n) is 14.0. The van der Waals surface area contributed by atoms with Crippen molar-refractivity contribution in [3.63, 3.8) is 0 Å². The molecule has 0 aliphatic rings. The first-order valence-corrected chi connectivity index (χ1v) is 7.98. The summed E-state index contributed by atoms with van der Waals surface area (Å²) in [5.74, 6) is -3.66. The number of nitrogens with two attached hydrogens (primary N) is 1. The smallest absolute Gasteiger partial charge is 0.313 e. The van der Waals surface area contributed by atoms with Crippen molar-refractivity contribution in [2.24, 2.45) is 5.73 Å². The Hall–Kier alpha value is -3.13. The number of hydrogen-bond acceptors (Lipinski definition) is 5. The molecule has 2 N–H and O–H groups in total. The van der Waals surface area contributed by atoms with Crippen molar-refractivity contribution < 1.29 is 27.5 Å². The van der Waals surface area contributed by atoms with Crippen molar-refractivity contribution in [3.05, 3.63) is 64.5 Å². The molecule has 140 valence electrons. The molecule has 3 aromatic rings. The number of nitrogens with zero attached hydrogens (tertiary/aromatic N) is 1. The number of primary amides is 1. The lowest BCUT2D eigenvalue weighted by molar-refractivity contribution is 0.0991. The molecule has 2 aromatic carbocycles. The maximum absolute atomic E-state index is 14.2. The van der Waals surface area contributed by atoms with E-state index in [9.17, 15) is 13.6 Å². The summed E-state index contributed by atoms with van der Waals surface area (Å²) in [5, 5.41) is 0.557. The fraction of sp³-hybridized carbons (Fsp3) is 0.111. The number of rotatable bonds is 6. The van der Waals surface area contributed by atoms with Gasteiger partial charge in [-0.3, -0.25) is 4.79 Å². The summed E-state index contributed by atoms with van der Waals surface area (Å²) in [6.07, 6.45) is 0. The van der Waals surface area contributed by atoms with Crippen LogP contribution >= 0.6 is 11.6 Å². The highest BCUT2D eigenvalue weighted by Gasteiger charge is 2.21. The minimum atomic E-state index is -1.24. The second-order valence-corrected chi connectivity index (χ2v) is 5.78. The molecule has 27 heavy (non-hydrogen) atoms. The van der Waals surface area contributed by atoms with Gasteiger partial charge in [-0.15, -0.1) is 0 Å². The largest absolute Gasteiger partial charge is 0.481 e. The van der Waals surface area contributed by atoms with Crippen LogP contribution in [0.15, 0.2) is 40.8 Å². The van der Waals surface area contributed by atoms with Crippen LogP contribution in [0.4, 0.5) is 8.78 Å². The Kier molecular flexibility index (Phi) is 5.27. The van der Waals surface area contributed by atoms with E-state index in [0.29, 0.717) is 16.3 Å². The third-order valence-corrected chi connectivity index (χ3v) is 3.85. The SMILES string of the molecule is COc1oc(COc2ccc(F)c(C(N)=O)c2F)nc1-c1ccc(Cl)cc1. The van der Waals surface area contributed by atoms with Crippen LogP contribution in [-0.4, -0.2) is 18.0 Å². The summed E-state index contributed by atoms with van der Waals surface area (Å²) >= 11 is 5.87. The van der Waals surface area contributed by atoms with Crippen molar-refractivity contribution in [1.82, 2.24) is 4.98 Å². The van der Waals surface area contributed by atoms with E-state index in [1.807, 2.05) is 0 Å². The number of amides is 1. The maximum Gasteiger partial charge on any atom is 0.313 e. The Labute approximate surface area is 157 Å². The molecule has 9 heteroatoms. The summed E-state index contributed by atoms with van der Waals surface area (Å²) < 4.78 is 43.5. The van der Waals surface area contributed by atoms with E-state index in [0.717, 1.165) is 12.1 Å². The average molecular weight is 395 g/mol. The van der Waals surface area contributed by atoms with Crippen LogP contribution < -0.4 is 15.2 Å². The highest BCUT2D eigenvalue weighted by atomic mass is 35.5. The van der Waals surface area contributed by atoms with Crippen LogP contribution in [-0.2, 0) is 6.61 Å². The van der Waals surface area contributed by atoms with E-state index in [4.69, 9.17) is 31.2 Å². The highest BCUT2D eigenvalue weighted by Crippen LogP contribution is 2.32. The zero-order chi connectivity index (χ0) is 19.6. The Balaban J connectivity index is 1.84. The fourth-order valence-corrected chi connectivity index (χ4v) is 2.47. The highest BCUT2D eigenvalue weighted by molar-refractivity contribution is 6.30. The monoisotopic (exact) mass is 394 g/mol. The molecule has 0 aliphatic carbocycles. The van der Waals surface area contributed by atoms with Gasteiger partial charge in [-0.1, -0.05) is 23.7 Å². The van der Waals surface area contributed by atoms with Gasteiger partial charge in [0, 0.05) is 10.6 Å². The molecule has 0 fully saturated rings. The molecule has 0 aliphatic heterocycles. The van der Waals surface area contributed by atoms with Gasteiger partial charge in [0.1, 0.15) is 11.4 Å². The van der Waals surface area contributed by atoms with Crippen LogP contribution in [0.2, 0.25) is 5.02 Å². The Bertz CT molecular complexity index is 990. The third-order valence-electron chi connectivity index (χ3n) is 3.60. The Morgan fingerprint density at radius 2 is 1.93 bits per heavy atom. The molecule has 1 amide bonds. The van der Waals surface area contributed by atoms with Crippen LogP contribution in [0.1, 0.15) is 16.2 Å². The number of methoxy groups -OCH3 is 1. The van der Waals surface area contributed by atoms with E-state index >= 15 is 0 Å². The number of carbonyl (C=O) groups is 1. The first kappa shape index (κ1) is 18.7. The van der Waals surface area contributed by atoms with Gasteiger partial charge in [0.05, 0.1) is 7.11 Å². The lowest BCUT2D eigenvalue weighted by Crippen LogP contribution is -2.16. The van der Waals surface area contributed by atoms with Gasteiger partial charge in [0.2, 0.25) is 5.89 Å². The van der Waals surface area contributed by atoms with Gasteiger partial charge in [-0.25, -0.2) is 13.8 Å². The molecule has 0 radical (unpaired) electrons. The maximum atomic E-state index is 14.2. The molecule has 0 atom stereocenters. The van der Waals surface area contributed by atoms with E-state index in [1.165, 1.54) is 7.11 Å². The van der Waals surface area contributed by atoms with E-state index < -0.39 is 23.1 Å². The molecular weight excluding hydrogens is 382 g/mol. The van der Waals surface area contributed by atoms with Gasteiger partial charge < -0.3 is 19.6 Å². The van der Waals surface area contributed by atoms with Crippen molar-refractivity contribution in [1.29, 1.82) is 0 Å². The number of carbonyl (C=O) groups excluding carboxylic acids is 1. The van der Waals surface area contributed by atoms with E-state index in [-0.39, 0.29) is 24.2 Å². The average Bonchev–Trinajstić information content (AvgIpc) is 3.05. The zero-order valence-corrected chi connectivity index (χ0v) is 14.7. The third kappa shape index (κ3) is 3.85. The molecular formula is C18H13ClF2N2O4. The van der Waals surface area contributed by atoms with Crippen LogP contribution in [0, 0.1) is 11.6 Å². The molecule has 0 saturated heterocycles. The molecule has 0 spiro atoms. The van der Waals surface area contributed by atoms with Gasteiger partial charge in [0.15, 0.2) is 23.9 Å². The number of benzene rings is 2. The molecule has 1 heterocycles. The number of halogens is 3. The van der Waals surface area contributed by atoms with Crippen LogP contribution in [0.5, 0.6) is 11.7 Å². The number of hydrogen-bond donors (Lipinski definition) is 1.